The van der Waals surface area contributed by atoms with Crippen molar-refractivity contribution < 1.29 is 32.6 Å². The fourth-order valence-electron chi connectivity index (χ4n) is 4.58. The molecule has 1 aliphatic rings. The minimum absolute atomic E-state index is 0.119. The van der Waals surface area contributed by atoms with Crippen LogP contribution in [0.5, 0.6) is 0 Å². The van der Waals surface area contributed by atoms with Crippen molar-refractivity contribution in [2.75, 3.05) is 23.3 Å². The Morgan fingerprint density at radius 1 is 1.18 bits per heavy atom. The molecule has 0 bridgehead atoms. The molecule has 204 valence electrons. The van der Waals surface area contributed by atoms with Crippen LogP contribution in [0, 0.1) is 5.82 Å². The number of aromatic nitrogens is 4. The van der Waals surface area contributed by atoms with Gasteiger partial charge in [-0.2, -0.15) is 23.4 Å². The number of nitrogens with one attached hydrogen (secondary N) is 3. The summed E-state index contributed by atoms with van der Waals surface area (Å²) in [7, 11) is 1.76. The van der Waals surface area contributed by atoms with Crippen LogP contribution in [0.1, 0.15) is 19.4 Å². The third kappa shape index (κ3) is 5.81. The molecule has 10 nitrogen and oxygen atoms in total. The number of fused-ring (bicyclic) bond motifs is 2. The summed E-state index contributed by atoms with van der Waals surface area (Å²) >= 11 is 0. The fourth-order valence-corrected chi connectivity index (χ4v) is 4.58. The summed E-state index contributed by atoms with van der Waals surface area (Å²) in [4.78, 5) is 11.2. The quantitative estimate of drug-likeness (QED) is 0.250. The summed E-state index contributed by atoms with van der Waals surface area (Å²) in [6, 6.07) is 8.08. The maximum Gasteiger partial charge on any atom is 0.490 e. The summed E-state index contributed by atoms with van der Waals surface area (Å²) in [5.41, 5.74) is 3.55. The predicted octanol–water partition coefficient (Wildman–Crippen LogP) is 3.64. The van der Waals surface area contributed by atoms with Gasteiger partial charge in [0, 0.05) is 60.6 Å². The highest BCUT2D eigenvalue weighted by atomic mass is 19.4. The summed E-state index contributed by atoms with van der Waals surface area (Å²) in [6.07, 6.45) is -3.31. The van der Waals surface area contributed by atoms with Crippen LogP contribution in [0.2, 0.25) is 0 Å². The molecule has 1 aliphatic heterocycles. The first-order valence-corrected chi connectivity index (χ1v) is 11.7. The Morgan fingerprint density at radius 3 is 2.45 bits per heavy atom. The number of alkyl halides is 3. The van der Waals surface area contributed by atoms with E-state index in [2.05, 4.69) is 50.7 Å². The van der Waals surface area contributed by atoms with Crippen LogP contribution in [-0.2, 0) is 18.4 Å². The Bertz CT molecular complexity index is 1460. The third-order valence-electron chi connectivity index (χ3n) is 6.00. The molecular formula is C24H27F4N7O3. The maximum atomic E-state index is 14.5. The van der Waals surface area contributed by atoms with E-state index in [4.69, 9.17) is 9.90 Å². The highest BCUT2D eigenvalue weighted by molar-refractivity contribution is 5.97. The number of nitrogens with zero attached hydrogens (tertiary/aromatic N) is 4. The molecule has 5 N–H and O–H groups in total. The molecule has 0 saturated carbocycles. The maximum absolute atomic E-state index is 14.5. The van der Waals surface area contributed by atoms with Gasteiger partial charge in [0.15, 0.2) is 11.6 Å². The van der Waals surface area contributed by atoms with Crippen molar-refractivity contribution in [2.24, 2.45) is 7.05 Å². The number of carboxylic acids is 1. The minimum atomic E-state index is -5.08. The molecule has 1 fully saturated rings. The first-order chi connectivity index (χ1) is 17.8. The number of hydrogen-bond acceptors (Lipinski definition) is 7. The Hall–Kier alpha value is -3.91. The number of aliphatic carboxylic acids is 1. The number of aliphatic hydroxyl groups is 1. The van der Waals surface area contributed by atoms with E-state index in [0.29, 0.717) is 34.5 Å². The van der Waals surface area contributed by atoms with Crippen LogP contribution >= 0.6 is 0 Å². The van der Waals surface area contributed by atoms with Crippen molar-refractivity contribution in [2.45, 2.75) is 38.7 Å². The Balaban J connectivity index is 0.000000426. The van der Waals surface area contributed by atoms with E-state index >= 15 is 0 Å². The van der Waals surface area contributed by atoms with Crippen LogP contribution in [0.25, 0.3) is 21.8 Å². The Morgan fingerprint density at radius 2 is 1.84 bits per heavy atom. The number of halogens is 4. The Kier molecular flexibility index (Phi) is 7.47. The SMILES string of the molecule is C[C@H]1CN(c2cc(CO)c3c(Nc4cc(F)c5nn(C)cc5c4)n[nH]c3c2)C[C@H](C)N1.O=C(O)C(F)(F)F. The number of benzene rings is 2. The number of carboxylic acid groups (broad SMARTS) is 1. The molecule has 5 rings (SSSR count). The zero-order valence-corrected chi connectivity index (χ0v) is 20.8. The third-order valence-corrected chi connectivity index (χ3v) is 6.00. The molecule has 0 spiro atoms. The normalized spacial score (nSPS) is 17.9. The van der Waals surface area contributed by atoms with E-state index in [1.54, 1.807) is 17.9 Å². The highest BCUT2D eigenvalue weighted by Gasteiger charge is 2.38. The van der Waals surface area contributed by atoms with Gasteiger partial charge in [0.05, 0.1) is 12.1 Å². The molecule has 2 aromatic heterocycles. The van der Waals surface area contributed by atoms with Gasteiger partial charge in [0.1, 0.15) is 5.52 Å². The molecular weight excluding hydrogens is 510 g/mol. The molecule has 2 atom stereocenters. The molecule has 4 aromatic rings. The Labute approximate surface area is 214 Å². The summed E-state index contributed by atoms with van der Waals surface area (Å²) in [5, 5.41) is 37.1. The van der Waals surface area contributed by atoms with Crippen LogP contribution in [-0.4, -0.2) is 67.5 Å². The summed E-state index contributed by atoms with van der Waals surface area (Å²) in [6.45, 7) is 6.01. The number of H-pyrrole nitrogens is 1. The summed E-state index contributed by atoms with van der Waals surface area (Å²) in [5.74, 6) is -2.60. The van der Waals surface area contributed by atoms with Crippen molar-refractivity contribution in [3.8, 4) is 0 Å². The number of aromatic amines is 1. The molecule has 2 aromatic carbocycles. The van der Waals surface area contributed by atoms with Gasteiger partial charge in [0.25, 0.3) is 0 Å². The molecule has 3 heterocycles. The fraction of sp³-hybridized carbons (Fsp3) is 0.375. The molecule has 0 amide bonds. The van der Waals surface area contributed by atoms with Gasteiger partial charge in [-0.3, -0.25) is 9.78 Å². The van der Waals surface area contributed by atoms with Gasteiger partial charge in [-0.15, -0.1) is 0 Å². The smallest absolute Gasteiger partial charge is 0.475 e. The number of piperazine rings is 1. The molecule has 1 saturated heterocycles. The van der Waals surface area contributed by atoms with Gasteiger partial charge in [0.2, 0.25) is 0 Å². The largest absolute Gasteiger partial charge is 0.490 e. The van der Waals surface area contributed by atoms with Gasteiger partial charge in [-0.1, -0.05) is 0 Å². The topological polar surface area (TPSA) is 131 Å². The second-order valence-corrected chi connectivity index (χ2v) is 9.26. The van der Waals surface area contributed by atoms with E-state index in [-0.39, 0.29) is 6.61 Å². The molecule has 0 aliphatic carbocycles. The number of anilines is 3. The van der Waals surface area contributed by atoms with Gasteiger partial charge < -0.3 is 25.7 Å². The average Bonchev–Trinajstić information content (AvgIpc) is 3.40. The van der Waals surface area contributed by atoms with Crippen molar-refractivity contribution >= 4 is 45.0 Å². The predicted molar refractivity (Wildman–Crippen MR) is 134 cm³/mol. The van der Waals surface area contributed by atoms with E-state index in [1.807, 2.05) is 12.1 Å². The van der Waals surface area contributed by atoms with Gasteiger partial charge in [-0.25, -0.2) is 9.18 Å². The standard InChI is InChI=1S/C22H26FN7O.C2HF3O2/c1-12-8-30(9-13(2)24-12)17-5-15(11-31)20-19(7-17)26-27-22(20)25-16-4-14-10-29(3)28-21(14)18(23)6-16;3-2(4,5)1(6)7/h4-7,10,12-13,24,31H,8-9,11H2,1-3H3,(H2,25,26,27);(H,6,7)/t12-,13-;/m0./s1. The van der Waals surface area contributed by atoms with Gasteiger partial charge >= 0.3 is 12.1 Å². The van der Waals surface area contributed by atoms with Crippen LogP contribution < -0.4 is 15.5 Å². The van der Waals surface area contributed by atoms with E-state index in [1.165, 1.54) is 6.07 Å². The lowest BCUT2D eigenvalue weighted by Crippen LogP contribution is -2.54. The first-order valence-electron chi connectivity index (χ1n) is 11.7. The zero-order chi connectivity index (χ0) is 27.8. The monoisotopic (exact) mass is 537 g/mol. The van der Waals surface area contributed by atoms with Crippen LogP contribution in [0.3, 0.4) is 0 Å². The van der Waals surface area contributed by atoms with Crippen molar-refractivity contribution in [1.82, 2.24) is 25.3 Å². The lowest BCUT2D eigenvalue weighted by molar-refractivity contribution is -0.192. The average molecular weight is 538 g/mol. The van der Waals surface area contributed by atoms with Crippen molar-refractivity contribution in [1.29, 1.82) is 0 Å². The minimum Gasteiger partial charge on any atom is -0.475 e. The lowest BCUT2D eigenvalue weighted by Gasteiger charge is -2.37. The van der Waals surface area contributed by atoms with E-state index in [9.17, 15) is 22.7 Å². The second kappa shape index (κ2) is 10.5. The highest BCUT2D eigenvalue weighted by Crippen LogP contribution is 2.33. The number of carbonyl (C=O) groups is 1. The molecule has 38 heavy (non-hydrogen) atoms. The van der Waals surface area contributed by atoms with Crippen LogP contribution in [0.15, 0.2) is 30.5 Å². The lowest BCUT2D eigenvalue weighted by atomic mass is 10.1. The van der Waals surface area contributed by atoms with Crippen molar-refractivity contribution in [3.63, 3.8) is 0 Å². The molecule has 0 unspecified atom stereocenters. The number of aryl methyl sites for hydroxylation is 1. The molecule has 0 radical (unpaired) electrons. The molecule has 14 heteroatoms. The number of aliphatic hydroxyl groups excluding tert-OH is 1. The summed E-state index contributed by atoms with van der Waals surface area (Å²) < 4.78 is 47.8. The second-order valence-electron chi connectivity index (χ2n) is 9.26. The van der Waals surface area contributed by atoms with Gasteiger partial charge in [-0.05, 0) is 43.7 Å². The first kappa shape index (κ1) is 27.1. The van der Waals surface area contributed by atoms with E-state index < -0.39 is 18.0 Å². The number of hydrogen-bond donors (Lipinski definition) is 5. The van der Waals surface area contributed by atoms with E-state index in [0.717, 1.165) is 35.2 Å². The van der Waals surface area contributed by atoms with Crippen LogP contribution in [0.4, 0.5) is 34.8 Å². The van der Waals surface area contributed by atoms with Crippen molar-refractivity contribution in [3.05, 3.63) is 41.8 Å². The zero-order valence-electron chi connectivity index (χ0n) is 20.8. The number of rotatable bonds is 4.